The van der Waals surface area contributed by atoms with E-state index >= 15 is 0 Å². The van der Waals surface area contributed by atoms with Crippen LogP contribution in [0.5, 0.6) is 0 Å². The third-order valence-electron chi connectivity index (χ3n) is 5.09. The number of amides is 1. The second-order valence-electron chi connectivity index (χ2n) is 6.43. The highest BCUT2D eigenvalue weighted by Gasteiger charge is 2.44. The first-order valence-electron chi connectivity index (χ1n) is 8.03. The van der Waals surface area contributed by atoms with E-state index in [0.29, 0.717) is 44.7 Å². The quantitative estimate of drug-likeness (QED) is 0.893. The fraction of sp³-hybridized carbons (Fsp3) is 0.750. The van der Waals surface area contributed by atoms with E-state index in [4.69, 9.17) is 9.26 Å². The second-order valence-corrected chi connectivity index (χ2v) is 6.43. The standard InChI is InChI=1S/C16H24N2O4/c1-11-13(12(2)22-17-11)10-15(20)18-7-5-16(6-8-18)14(19)4-3-9-21-16/h14,19H,3-10H2,1-2H3. The number of ether oxygens (including phenoxy) is 1. The number of piperidine rings is 1. The van der Waals surface area contributed by atoms with Crippen molar-refractivity contribution in [1.82, 2.24) is 10.1 Å². The molecule has 2 fully saturated rings. The zero-order valence-electron chi connectivity index (χ0n) is 13.3. The molecular formula is C16H24N2O4. The van der Waals surface area contributed by atoms with Crippen LogP contribution < -0.4 is 0 Å². The molecule has 1 amide bonds. The molecule has 0 aromatic carbocycles. The maximum atomic E-state index is 12.5. The van der Waals surface area contributed by atoms with Crippen LogP contribution in [0.25, 0.3) is 0 Å². The van der Waals surface area contributed by atoms with Gasteiger partial charge < -0.3 is 19.3 Å². The number of aliphatic hydroxyl groups excluding tert-OH is 1. The summed E-state index contributed by atoms with van der Waals surface area (Å²) in [5, 5.41) is 14.1. The van der Waals surface area contributed by atoms with Gasteiger partial charge >= 0.3 is 0 Å². The molecule has 1 atom stereocenters. The van der Waals surface area contributed by atoms with E-state index in [-0.39, 0.29) is 5.91 Å². The van der Waals surface area contributed by atoms with Crippen molar-refractivity contribution in [3.05, 3.63) is 17.0 Å². The van der Waals surface area contributed by atoms with Gasteiger partial charge in [-0.05, 0) is 39.5 Å². The van der Waals surface area contributed by atoms with E-state index < -0.39 is 11.7 Å². The van der Waals surface area contributed by atoms with Gasteiger partial charge in [0.2, 0.25) is 5.91 Å². The van der Waals surface area contributed by atoms with Gasteiger partial charge in [-0.25, -0.2) is 0 Å². The first-order chi connectivity index (χ1) is 10.5. The van der Waals surface area contributed by atoms with E-state index in [1.165, 1.54) is 0 Å². The van der Waals surface area contributed by atoms with Crippen LogP contribution in [-0.2, 0) is 16.0 Å². The summed E-state index contributed by atoms with van der Waals surface area (Å²) in [6.07, 6.45) is 3.06. The van der Waals surface area contributed by atoms with E-state index in [0.717, 1.165) is 24.1 Å². The summed E-state index contributed by atoms with van der Waals surface area (Å²) in [6, 6.07) is 0. The zero-order chi connectivity index (χ0) is 15.7. The Morgan fingerprint density at radius 2 is 2.14 bits per heavy atom. The van der Waals surface area contributed by atoms with Crippen LogP contribution in [0.15, 0.2) is 4.52 Å². The number of aromatic nitrogens is 1. The molecule has 0 aliphatic carbocycles. The molecule has 1 unspecified atom stereocenters. The van der Waals surface area contributed by atoms with Crippen molar-refractivity contribution < 1.29 is 19.2 Å². The lowest BCUT2D eigenvalue weighted by Crippen LogP contribution is -2.56. The molecule has 2 saturated heterocycles. The van der Waals surface area contributed by atoms with E-state index in [1.54, 1.807) is 0 Å². The number of nitrogens with zero attached hydrogens (tertiary/aromatic N) is 2. The maximum Gasteiger partial charge on any atom is 0.227 e. The van der Waals surface area contributed by atoms with Crippen LogP contribution in [0, 0.1) is 13.8 Å². The zero-order valence-corrected chi connectivity index (χ0v) is 13.3. The summed E-state index contributed by atoms with van der Waals surface area (Å²) in [4.78, 5) is 14.3. The lowest BCUT2D eigenvalue weighted by molar-refractivity contribution is -0.179. The van der Waals surface area contributed by atoms with Crippen LogP contribution in [0.3, 0.4) is 0 Å². The normalized spacial score (nSPS) is 24.7. The lowest BCUT2D eigenvalue weighted by Gasteiger charge is -2.46. The molecular weight excluding hydrogens is 284 g/mol. The molecule has 1 aromatic heterocycles. The third kappa shape index (κ3) is 2.77. The van der Waals surface area contributed by atoms with Gasteiger partial charge in [-0.3, -0.25) is 4.79 Å². The Labute approximate surface area is 130 Å². The SMILES string of the molecule is Cc1noc(C)c1CC(=O)N1CCC2(CC1)OCCCC2O. The molecule has 6 heteroatoms. The number of hydrogen-bond acceptors (Lipinski definition) is 5. The largest absolute Gasteiger partial charge is 0.390 e. The molecule has 0 radical (unpaired) electrons. The second kappa shape index (κ2) is 6.01. The fourth-order valence-corrected chi connectivity index (χ4v) is 3.54. The average Bonchev–Trinajstić information content (AvgIpc) is 2.83. The van der Waals surface area contributed by atoms with Gasteiger partial charge in [-0.1, -0.05) is 5.16 Å². The van der Waals surface area contributed by atoms with Crippen molar-refractivity contribution in [2.75, 3.05) is 19.7 Å². The third-order valence-corrected chi connectivity index (χ3v) is 5.09. The molecule has 6 nitrogen and oxygen atoms in total. The molecule has 1 N–H and O–H groups in total. The van der Waals surface area contributed by atoms with Crippen LogP contribution >= 0.6 is 0 Å². The Bertz CT molecular complexity index is 527. The van der Waals surface area contributed by atoms with Crippen molar-refractivity contribution in [2.24, 2.45) is 0 Å². The number of carbonyl (C=O) groups is 1. The predicted octanol–water partition coefficient (Wildman–Crippen LogP) is 1.37. The number of rotatable bonds is 2. The van der Waals surface area contributed by atoms with Crippen molar-refractivity contribution in [3.8, 4) is 0 Å². The highest BCUT2D eigenvalue weighted by Crippen LogP contribution is 2.35. The Hall–Kier alpha value is -1.40. The summed E-state index contributed by atoms with van der Waals surface area (Å²) in [5.41, 5.74) is 1.24. The van der Waals surface area contributed by atoms with Crippen molar-refractivity contribution in [1.29, 1.82) is 0 Å². The maximum absolute atomic E-state index is 12.5. The van der Waals surface area contributed by atoms with Gasteiger partial charge in [0.15, 0.2) is 0 Å². The lowest BCUT2D eigenvalue weighted by atomic mass is 9.82. The average molecular weight is 308 g/mol. The minimum atomic E-state index is -0.432. The number of carbonyl (C=O) groups excluding carboxylic acids is 1. The van der Waals surface area contributed by atoms with Gasteiger partial charge in [0.05, 0.1) is 23.8 Å². The summed E-state index contributed by atoms with van der Waals surface area (Å²) in [6.45, 7) is 5.68. The van der Waals surface area contributed by atoms with Crippen molar-refractivity contribution in [3.63, 3.8) is 0 Å². The predicted molar refractivity (Wildman–Crippen MR) is 79.4 cm³/mol. The Morgan fingerprint density at radius 3 is 2.73 bits per heavy atom. The highest BCUT2D eigenvalue weighted by atomic mass is 16.5. The topological polar surface area (TPSA) is 75.8 Å². The summed E-state index contributed by atoms with van der Waals surface area (Å²) < 4.78 is 11.0. The van der Waals surface area contributed by atoms with Crippen LogP contribution in [0.1, 0.15) is 42.7 Å². The van der Waals surface area contributed by atoms with Gasteiger partial charge in [0.1, 0.15) is 5.76 Å². The number of aliphatic hydroxyl groups is 1. The minimum absolute atomic E-state index is 0.0922. The van der Waals surface area contributed by atoms with E-state index in [9.17, 15) is 9.90 Å². The number of likely N-dealkylation sites (tertiary alicyclic amines) is 1. The molecule has 122 valence electrons. The van der Waals surface area contributed by atoms with Crippen LogP contribution in [-0.4, -0.2) is 52.5 Å². The fourth-order valence-electron chi connectivity index (χ4n) is 3.54. The molecule has 3 heterocycles. The highest BCUT2D eigenvalue weighted by molar-refractivity contribution is 5.79. The first-order valence-corrected chi connectivity index (χ1v) is 8.03. The van der Waals surface area contributed by atoms with Crippen LogP contribution in [0.2, 0.25) is 0 Å². The van der Waals surface area contributed by atoms with Gasteiger partial charge in [-0.2, -0.15) is 0 Å². The molecule has 2 aliphatic rings. The molecule has 3 rings (SSSR count). The van der Waals surface area contributed by atoms with Crippen molar-refractivity contribution in [2.45, 2.75) is 57.7 Å². The first kappa shape index (κ1) is 15.5. The summed E-state index contributed by atoms with van der Waals surface area (Å²) in [5.74, 6) is 0.805. The molecule has 1 aromatic rings. The van der Waals surface area contributed by atoms with E-state index in [2.05, 4.69) is 5.16 Å². The Kier molecular flexibility index (Phi) is 4.23. The van der Waals surface area contributed by atoms with Gasteiger partial charge in [-0.15, -0.1) is 0 Å². The summed E-state index contributed by atoms with van der Waals surface area (Å²) >= 11 is 0. The molecule has 2 aliphatic heterocycles. The smallest absolute Gasteiger partial charge is 0.227 e. The van der Waals surface area contributed by atoms with Crippen molar-refractivity contribution >= 4 is 5.91 Å². The molecule has 1 spiro atoms. The minimum Gasteiger partial charge on any atom is -0.390 e. The molecule has 22 heavy (non-hydrogen) atoms. The monoisotopic (exact) mass is 308 g/mol. The van der Waals surface area contributed by atoms with Crippen LogP contribution in [0.4, 0.5) is 0 Å². The Morgan fingerprint density at radius 1 is 1.41 bits per heavy atom. The van der Waals surface area contributed by atoms with Gasteiger partial charge in [0.25, 0.3) is 0 Å². The Balaban J connectivity index is 1.60. The summed E-state index contributed by atoms with van der Waals surface area (Å²) in [7, 11) is 0. The number of aryl methyl sites for hydroxylation is 2. The van der Waals surface area contributed by atoms with Gasteiger partial charge in [0, 0.05) is 25.3 Å². The molecule has 0 bridgehead atoms. The molecule has 0 saturated carbocycles. The number of hydrogen-bond donors (Lipinski definition) is 1. The van der Waals surface area contributed by atoms with E-state index in [1.807, 2.05) is 18.7 Å².